The molecule has 32 heavy (non-hydrogen) atoms. The number of nitrogens with one attached hydrogen (secondary N) is 1. The fourth-order valence-electron chi connectivity index (χ4n) is 3.73. The third kappa shape index (κ3) is 5.17. The average molecular weight is 428 g/mol. The molecule has 0 aliphatic rings. The summed E-state index contributed by atoms with van der Waals surface area (Å²) in [6, 6.07) is 23.6. The van der Waals surface area contributed by atoms with Crippen molar-refractivity contribution in [1.82, 2.24) is 14.9 Å². The summed E-state index contributed by atoms with van der Waals surface area (Å²) < 4.78 is 8.13. The zero-order chi connectivity index (χ0) is 22.3. The van der Waals surface area contributed by atoms with Gasteiger partial charge >= 0.3 is 0 Å². The van der Waals surface area contributed by atoms with Crippen molar-refractivity contribution in [3.05, 3.63) is 95.3 Å². The van der Waals surface area contributed by atoms with Crippen molar-refractivity contribution in [1.29, 1.82) is 0 Å². The summed E-state index contributed by atoms with van der Waals surface area (Å²) in [7, 11) is 0. The van der Waals surface area contributed by atoms with Crippen LogP contribution in [0.4, 0.5) is 0 Å². The Balaban J connectivity index is 1.36. The average Bonchev–Trinajstić information content (AvgIpc) is 3.17. The second-order valence-electron chi connectivity index (χ2n) is 8.02. The summed E-state index contributed by atoms with van der Waals surface area (Å²) in [4.78, 5) is 17.2. The van der Waals surface area contributed by atoms with E-state index in [-0.39, 0.29) is 5.91 Å². The van der Waals surface area contributed by atoms with Gasteiger partial charge in [-0.05, 0) is 74.2 Å². The van der Waals surface area contributed by atoms with Crippen LogP contribution in [0.1, 0.15) is 40.2 Å². The number of aromatic nitrogens is 2. The van der Waals surface area contributed by atoms with Crippen LogP contribution < -0.4 is 10.1 Å². The molecule has 0 fully saturated rings. The highest BCUT2D eigenvalue weighted by Gasteiger charge is 2.12. The molecule has 0 atom stereocenters. The van der Waals surface area contributed by atoms with Crippen LogP contribution in [-0.2, 0) is 13.1 Å². The lowest BCUT2D eigenvalue weighted by Crippen LogP contribution is -2.24. The molecule has 1 N–H and O–H groups in total. The highest BCUT2D eigenvalue weighted by atomic mass is 16.5. The van der Waals surface area contributed by atoms with Gasteiger partial charge < -0.3 is 14.6 Å². The molecular weight excluding hydrogens is 398 g/mol. The maximum absolute atomic E-state index is 12.5. The van der Waals surface area contributed by atoms with Gasteiger partial charge in [0.1, 0.15) is 11.6 Å². The normalized spacial score (nSPS) is 10.9. The first-order chi connectivity index (χ1) is 15.6. The monoisotopic (exact) mass is 427 g/mol. The molecule has 3 aromatic carbocycles. The van der Waals surface area contributed by atoms with Crippen LogP contribution in [0.15, 0.2) is 72.8 Å². The molecule has 0 unspecified atom stereocenters. The van der Waals surface area contributed by atoms with Crippen molar-refractivity contribution in [2.45, 2.75) is 39.8 Å². The summed E-state index contributed by atoms with van der Waals surface area (Å²) in [5.74, 6) is 1.70. The Labute approximate surface area is 189 Å². The first-order valence-electron chi connectivity index (χ1n) is 11.1. The molecule has 0 aliphatic carbocycles. The van der Waals surface area contributed by atoms with Crippen molar-refractivity contribution in [3.63, 3.8) is 0 Å². The van der Waals surface area contributed by atoms with Gasteiger partial charge in [-0.3, -0.25) is 4.79 Å². The Kier molecular flexibility index (Phi) is 6.85. The van der Waals surface area contributed by atoms with Crippen molar-refractivity contribution < 1.29 is 9.53 Å². The zero-order valence-corrected chi connectivity index (χ0v) is 18.7. The van der Waals surface area contributed by atoms with Crippen molar-refractivity contribution in [2.75, 3.05) is 6.61 Å². The lowest BCUT2D eigenvalue weighted by atomic mass is 10.1. The molecule has 0 saturated heterocycles. The molecule has 1 amide bonds. The molecule has 1 heterocycles. The zero-order valence-electron chi connectivity index (χ0n) is 18.7. The molecule has 0 spiro atoms. The standard InChI is InChI=1S/C27H29N3O2/c1-20-14-15-23(18-21(20)2)32-17-9-8-16-30-25-13-7-6-12-24(25)29-26(30)19-28-27(31)22-10-4-3-5-11-22/h3-7,10-15,18H,8-9,16-17,19H2,1-2H3,(H,28,31). The fraction of sp³-hybridized carbons (Fsp3) is 0.259. The fourth-order valence-corrected chi connectivity index (χ4v) is 3.73. The highest BCUT2D eigenvalue weighted by Crippen LogP contribution is 2.19. The number of fused-ring (bicyclic) bond motifs is 1. The Morgan fingerprint density at radius 3 is 2.53 bits per heavy atom. The summed E-state index contributed by atoms with van der Waals surface area (Å²) in [5.41, 5.74) is 5.21. The molecule has 1 aromatic heterocycles. The predicted octanol–water partition coefficient (Wildman–Crippen LogP) is 5.44. The Bertz CT molecular complexity index is 1200. The molecule has 4 rings (SSSR count). The third-order valence-electron chi connectivity index (χ3n) is 5.70. The Morgan fingerprint density at radius 1 is 0.938 bits per heavy atom. The summed E-state index contributed by atoms with van der Waals surface area (Å²) in [6.07, 6.45) is 1.90. The van der Waals surface area contributed by atoms with E-state index in [1.54, 1.807) is 0 Å². The van der Waals surface area contributed by atoms with E-state index in [0.717, 1.165) is 42.0 Å². The predicted molar refractivity (Wildman–Crippen MR) is 128 cm³/mol. The SMILES string of the molecule is Cc1ccc(OCCCCn2c(CNC(=O)c3ccccc3)nc3ccccc32)cc1C. The number of hydrogen-bond acceptors (Lipinski definition) is 3. The number of carbonyl (C=O) groups is 1. The summed E-state index contributed by atoms with van der Waals surface area (Å²) in [5, 5.41) is 3.00. The number of benzene rings is 3. The number of carbonyl (C=O) groups excluding carboxylic acids is 1. The van der Waals surface area contributed by atoms with E-state index in [9.17, 15) is 4.79 Å². The van der Waals surface area contributed by atoms with E-state index >= 15 is 0 Å². The number of nitrogens with zero attached hydrogens (tertiary/aromatic N) is 2. The molecule has 4 aromatic rings. The largest absolute Gasteiger partial charge is 0.494 e. The van der Waals surface area contributed by atoms with Crippen molar-refractivity contribution in [3.8, 4) is 5.75 Å². The van der Waals surface area contributed by atoms with Crippen LogP contribution in [0.3, 0.4) is 0 Å². The lowest BCUT2D eigenvalue weighted by molar-refractivity contribution is 0.0949. The highest BCUT2D eigenvalue weighted by molar-refractivity contribution is 5.94. The molecule has 0 bridgehead atoms. The van der Waals surface area contributed by atoms with E-state index in [0.29, 0.717) is 18.7 Å². The minimum Gasteiger partial charge on any atom is -0.494 e. The Morgan fingerprint density at radius 2 is 1.72 bits per heavy atom. The minimum atomic E-state index is -0.0917. The first kappa shape index (κ1) is 21.6. The molecule has 0 saturated carbocycles. The van der Waals surface area contributed by atoms with Gasteiger partial charge in [0, 0.05) is 12.1 Å². The van der Waals surface area contributed by atoms with Crippen LogP contribution in [0.25, 0.3) is 11.0 Å². The number of para-hydroxylation sites is 2. The van der Waals surface area contributed by atoms with Gasteiger partial charge in [0.2, 0.25) is 0 Å². The van der Waals surface area contributed by atoms with E-state index in [2.05, 4.69) is 41.9 Å². The second-order valence-corrected chi connectivity index (χ2v) is 8.02. The number of rotatable bonds is 9. The Hall–Kier alpha value is -3.60. The molecular formula is C27H29N3O2. The van der Waals surface area contributed by atoms with Gasteiger partial charge in [-0.25, -0.2) is 4.98 Å². The van der Waals surface area contributed by atoms with Crippen molar-refractivity contribution in [2.24, 2.45) is 0 Å². The van der Waals surface area contributed by atoms with Gasteiger partial charge in [-0.15, -0.1) is 0 Å². The summed E-state index contributed by atoms with van der Waals surface area (Å²) in [6.45, 7) is 6.10. The minimum absolute atomic E-state index is 0.0917. The third-order valence-corrected chi connectivity index (χ3v) is 5.70. The quantitative estimate of drug-likeness (QED) is 0.362. The lowest BCUT2D eigenvalue weighted by Gasteiger charge is -2.11. The van der Waals surface area contributed by atoms with Gasteiger partial charge in [-0.2, -0.15) is 0 Å². The van der Waals surface area contributed by atoms with E-state index in [1.165, 1.54) is 11.1 Å². The number of unbranched alkanes of at least 4 members (excludes halogenated alkanes) is 1. The second kappa shape index (κ2) is 10.1. The van der Waals surface area contributed by atoms with Crippen LogP contribution >= 0.6 is 0 Å². The summed E-state index contributed by atoms with van der Waals surface area (Å²) >= 11 is 0. The molecule has 0 radical (unpaired) electrons. The van der Waals surface area contributed by atoms with E-state index in [4.69, 9.17) is 9.72 Å². The molecule has 5 heteroatoms. The topological polar surface area (TPSA) is 56.1 Å². The van der Waals surface area contributed by atoms with Crippen molar-refractivity contribution >= 4 is 16.9 Å². The number of hydrogen-bond donors (Lipinski definition) is 1. The van der Waals surface area contributed by atoms with E-state index < -0.39 is 0 Å². The number of imidazole rings is 1. The van der Waals surface area contributed by atoms with E-state index in [1.807, 2.05) is 54.6 Å². The van der Waals surface area contributed by atoms with Crippen LogP contribution in [0.5, 0.6) is 5.75 Å². The smallest absolute Gasteiger partial charge is 0.251 e. The van der Waals surface area contributed by atoms with Crippen LogP contribution in [0, 0.1) is 13.8 Å². The molecule has 5 nitrogen and oxygen atoms in total. The van der Waals surface area contributed by atoms with Gasteiger partial charge in [0.25, 0.3) is 5.91 Å². The maximum atomic E-state index is 12.5. The van der Waals surface area contributed by atoms with Gasteiger partial charge in [0.15, 0.2) is 0 Å². The molecule has 0 aliphatic heterocycles. The van der Waals surface area contributed by atoms with Crippen LogP contribution in [-0.4, -0.2) is 22.1 Å². The number of amides is 1. The first-order valence-corrected chi connectivity index (χ1v) is 11.1. The van der Waals surface area contributed by atoms with Gasteiger partial charge in [-0.1, -0.05) is 36.4 Å². The molecule has 164 valence electrons. The number of aryl methyl sites for hydroxylation is 3. The number of ether oxygens (including phenoxy) is 1. The van der Waals surface area contributed by atoms with Crippen LogP contribution in [0.2, 0.25) is 0 Å². The maximum Gasteiger partial charge on any atom is 0.251 e. The van der Waals surface area contributed by atoms with Gasteiger partial charge in [0.05, 0.1) is 24.2 Å².